The molecule has 1 unspecified atom stereocenters. The molecule has 0 aliphatic carbocycles. The first-order valence-corrected chi connectivity index (χ1v) is 4.78. The van der Waals surface area contributed by atoms with Gasteiger partial charge in [0.2, 0.25) is 0 Å². The van der Waals surface area contributed by atoms with Crippen molar-refractivity contribution in [3.05, 3.63) is 29.6 Å². The Hall–Kier alpha value is -1.23. The minimum absolute atomic E-state index is 0.289. The van der Waals surface area contributed by atoms with Crippen LogP contribution in [0.15, 0.2) is 18.2 Å². The highest BCUT2D eigenvalue weighted by Gasteiger charge is 2.20. The van der Waals surface area contributed by atoms with Gasteiger partial charge in [-0.25, -0.2) is 4.39 Å². The number of ether oxygens (including phenoxy) is 1. The summed E-state index contributed by atoms with van der Waals surface area (Å²) in [7, 11) is 0. The molecule has 0 bridgehead atoms. The van der Waals surface area contributed by atoms with E-state index in [0.717, 1.165) is 18.2 Å². The molecule has 0 spiro atoms. The van der Waals surface area contributed by atoms with Crippen LogP contribution in [0.4, 0.5) is 13.2 Å². The predicted octanol–water partition coefficient (Wildman–Crippen LogP) is 3.24. The van der Waals surface area contributed by atoms with Crippen LogP contribution >= 0.6 is 11.6 Å². The third kappa shape index (κ3) is 3.13. The Morgan fingerprint density at radius 1 is 1.44 bits per heavy atom. The summed E-state index contributed by atoms with van der Waals surface area (Å²) in [4.78, 5) is 11.5. The van der Waals surface area contributed by atoms with Crippen LogP contribution in [0.2, 0.25) is 0 Å². The number of benzene rings is 1. The van der Waals surface area contributed by atoms with E-state index >= 15 is 0 Å². The number of carbonyl (C=O) groups is 1. The smallest absolute Gasteiger partial charge is 0.387 e. The van der Waals surface area contributed by atoms with Crippen molar-refractivity contribution in [2.45, 2.75) is 18.9 Å². The molecule has 1 rings (SSSR count). The topological polar surface area (TPSA) is 26.3 Å². The Morgan fingerprint density at radius 2 is 2.06 bits per heavy atom. The maximum absolute atomic E-state index is 12.9. The van der Waals surface area contributed by atoms with E-state index in [1.54, 1.807) is 0 Å². The van der Waals surface area contributed by atoms with Crippen molar-refractivity contribution in [3.8, 4) is 5.75 Å². The summed E-state index contributed by atoms with van der Waals surface area (Å²) in [5.74, 6) is -1.77. The lowest BCUT2D eigenvalue weighted by Crippen LogP contribution is -2.14. The molecule has 0 fully saturated rings. The standard InChI is InChI=1S/C10H8ClF3O2/c1-5(11)9(15)7-4-6(12)2-3-8(7)16-10(13)14/h2-5,10H,1H3. The fraction of sp³-hybridized carbons (Fsp3) is 0.300. The number of ketones is 1. The van der Waals surface area contributed by atoms with E-state index in [1.165, 1.54) is 6.92 Å². The highest BCUT2D eigenvalue weighted by Crippen LogP contribution is 2.24. The van der Waals surface area contributed by atoms with Crippen LogP contribution in [0.5, 0.6) is 5.75 Å². The average molecular weight is 253 g/mol. The van der Waals surface area contributed by atoms with Gasteiger partial charge in [0.1, 0.15) is 11.6 Å². The molecule has 0 aliphatic heterocycles. The molecule has 6 heteroatoms. The van der Waals surface area contributed by atoms with Crippen molar-refractivity contribution in [3.63, 3.8) is 0 Å². The fourth-order valence-corrected chi connectivity index (χ4v) is 1.23. The zero-order valence-corrected chi connectivity index (χ0v) is 8.97. The lowest BCUT2D eigenvalue weighted by Gasteiger charge is -2.10. The third-order valence-corrected chi connectivity index (χ3v) is 1.98. The molecule has 1 aromatic carbocycles. The van der Waals surface area contributed by atoms with Crippen LogP contribution in [-0.2, 0) is 0 Å². The van der Waals surface area contributed by atoms with E-state index < -0.39 is 23.6 Å². The van der Waals surface area contributed by atoms with Crippen molar-refractivity contribution >= 4 is 17.4 Å². The van der Waals surface area contributed by atoms with Crippen molar-refractivity contribution < 1.29 is 22.7 Å². The molecule has 0 aromatic heterocycles. The molecule has 0 N–H and O–H groups in total. The summed E-state index contributed by atoms with van der Waals surface area (Å²) in [5, 5.41) is -0.943. The monoisotopic (exact) mass is 252 g/mol. The minimum atomic E-state index is -3.08. The SMILES string of the molecule is CC(Cl)C(=O)c1cc(F)ccc1OC(F)F. The second-order valence-electron chi connectivity index (χ2n) is 3.00. The van der Waals surface area contributed by atoms with Crippen LogP contribution in [0.3, 0.4) is 0 Å². The van der Waals surface area contributed by atoms with Gasteiger partial charge in [0.05, 0.1) is 10.9 Å². The van der Waals surface area contributed by atoms with E-state index in [2.05, 4.69) is 4.74 Å². The van der Waals surface area contributed by atoms with Gasteiger partial charge >= 0.3 is 6.61 Å². The van der Waals surface area contributed by atoms with E-state index in [0.29, 0.717) is 0 Å². The Morgan fingerprint density at radius 3 is 2.56 bits per heavy atom. The molecule has 0 amide bonds. The van der Waals surface area contributed by atoms with Gasteiger partial charge in [-0.1, -0.05) is 0 Å². The predicted molar refractivity (Wildman–Crippen MR) is 52.7 cm³/mol. The number of rotatable bonds is 4. The summed E-state index contributed by atoms with van der Waals surface area (Å²) in [6, 6.07) is 2.71. The lowest BCUT2D eigenvalue weighted by molar-refractivity contribution is -0.0501. The van der Waals surface area contributed by atoms with Gasteiger partial charge < -0.3 is 4.74 Å². The third-order valence-electron chi connectivity index (χ3n) is 1.78. The minimum Gasteiger partial charge on any atom is -0.434 e. The average Bonchev–Trinajstić information content (AvgIpc) is 2.18. The molecule has 16 heavy (non-hydrogen) atoms. The number of alkyl halides is 3. The summed E-state index contributed by atoms with van der Waals surface area (Å²) in [6.45, 7) is -1.72. The van der Waals surface area contributed by atoms with E-state index in [9.17, 15) is 18.0 Å². The van der Waals surface area contributed by atoms with E-state index in [1.807, 2.05) is 0 Å². The molecule has 1 atom stereocenters. The van der Waals surface area contributed by atoms with Gasteiger partial charge in [-0.2, -0.15) is 8.78 Å². The molecule has 0 saturated heterocycles. The zero-order valence-electron chi connectivity index (χ0n) is 8.22. The Balaban J connectivity index is 3.12. The lowest BCUT2D eigenvalue weighted by atomic mass is 10.1. The molecule has 0 radical (unpaired) electrons. The second kappa shape index (κ2) is 5.21. The van der Waals surface area contributed by atoms with Gasteiger partial charge in [-0.3, -0.25) is 4.79 Å². The van der Waals surface area contributed by atoms with Crippen molar-refractivity contribution in [1.82, 2.24) is 0 Å². The van der Waals surface area contributed by atoms with E-state index in [4.69, 9.17) is 11.6 Å². The van der Waals surface area contributed by atoms with Crippen molar-refractivity contribution in [2.75, 3.05) is 0 Å². The van der Waals surface area contributed by atoms with Crippen molar-refractivity contribution in [2.24, 2.45) is 0 Å². The summed E-state index contributed by atoms with van der Waals surface area (Å²) in [6.07, 6.45) is 0. The number of hydrogen-bond donors (Lipinski definition) is 0. The molecular weight excluding hydrogens is 245 g/mol. The molecule has 0 saturated carbocycles. The molecule has 2 nitrogen and oxygen atoms in total. The van der Waals surface area contributed by atoms with Crippen LogP contribution in [0.25, 0.3) is 0 Å². The molecular formula is C10H8ClF3O2. The zero-order chi connectivity index (χ0) is 12.3. The van der Waals surface area contributed by atoms with Gasteiger partial charge in [0, 0.05) is 0 Å². The maximum atomic E-state index is 12.9. The summed E-state index contributed by atoms with van der Waals surface area (Å²) < 4.78 is 41.0. The Bertz CT molecular complexity index is 394. The van der Waals surface area contributed by atoms with Gasteiger partial charge in [-0.05, 0) is 25.1 Å². The molecule has 0 aliphatic rings. The fourth-order valence-electron chi connectivity index (χ4n) is 1.11. The number of halogens is 4. The Labute approximate surface area is 95.0 Å². The van der Waals surface area contributed by atoms with Gasteiger partial charge in [-0.15, -0.1) is 11.6 Å². The first kappa shape index (κ1) is 12.8. The summed E-state index contributed by atoms with van der Waals surface area (Å²) in [5.41, 5.74) is -0.289. The Kier molecular flexibility index (Phi) is 4.18. The highest BCUT2D eigenvalue weighted by atomic mass is 35.5. The van der Waals surface area contributed by atoms with Gasteiger partial charge in [0.15, 0.2) is 5.78 Å². The summed E-state index contributed by atoms with van der Waals surface area (Å²) >= 11 is 5.51. The first-order chi connectivity index (χ1) is 7.41. The van der Waals surface area contributed by atoms with Crippen LogP contribution in [-0.4, -0.2) is 17.8 Å². The molecule has 88 valence electrons. The second-order valence-corrected chi connectivity index (χ2v) is 3.65. The van der Waals surface area contributed by atoms with E-state index in [-0.39, 0.29) is 11.3 Å². The normalized spacial score (nSPS) is 12.6. The van der Waals surface area contributed by atoms with Gasteiger partial charge in [0.25, 0.3) is 0 Å². The molecule has 0 heterocycles. The maximum Gasteiger partial charge on any atom is 0.387 e. The number of hydrogen-bond acceptors (Lipinski definition) is 2. The highest BCUT2D eigenvalue weighted by molar-refractivity contribution is 6.33. The molecule has 1 aromatic rings. The van der Waals surface area contributed by atoms with Crippen LogP contribution in [0.1, 0.15) is 17.3 Å². The quantitative estimate of drug-likeness (QED) is 0.607. The van der Waals surface area contributed by atoms with Crippen LogP contribution in [0, 0.1) is 5.82 Å². The van der Waals surface area contributed by atoms with Crippen molar-refractivity contribution in [1.29, 1.82) is 0 Å². The number of Topliss-reactive ketones (excluding diaryl/α,β-unsaturated/α-hetero) is 1. The van der Waals surface area contributed by atoms with Crippen LogP contribution < -0.4 is 4.74 Å². The first-order valence-electron chi connectivity index (χ1n) is 4.34. The largest absolute Gasteiger partial charge is 0.434 e. The number of carbonyl (C=O) groups excluding carboxylic acids is 1.